The molecule has 0 aliphatic heterocycles. The van der Waals surface area contributed by atoms with Crippen LogP contribution >= 0.6 is 11.6 Å². The highest BCUT2D eigenvalue weighted by atomic mass is 35.5. The Labute approximate surface area is 95.4 Å². The molecule has 0 aliphatic rings. The molecule has 4 nitrogen and oxygen atoms in total. The van der Waals surface area contributed by atoms with Crippen LogP contribution in [0.3, 0.4) is 0 Å². The number of imidazole rings is 1. The van der Waals surface area contributed by atoms with E-state index >= 15 is 0 Å². The Morgan fingerprint density at radius 3 is 2.80 bits per heavy atom. The summed E-state index contributed by atoms with van der Waals surface area (Å²) >= 11 is 5.85. The number of rotatable bonds is 5. The van der Waals surface area contributed by atoms with Gasteiger partial charge >= 0.3 is 0 Å². The predicted molar refractivity (Wildman–Crippen MR) is 60.8 cm³/mol. The maximum atomic E-state index is 5.95. The third kappa shape index (κ3) is 3.48. The van der Waals surface area contributed by atoms with Crippen LogP contribution in [0.1, 0.15) is 26.1 Å². The lowest BCUT2D eigenvalue weighted by Gasteiger charge is -2.22. The summed E-state index contributed by atoms with van der Waals surface area (Å²) in [6.45, 7) is 4.98. The Hall–Kier alpha value is -0.580. The molecule has 0 radical (unpaired) electrons. The molecule has 0 aromatic carbocycles. The topological polar surface area (TPSA) is 53.1 Å². The highest BCUT2D eigenvalue weighted by Crippen LogP contribution is 2.11. The number of aromatic nitrogens is 2. The number of ether oxygens (including phenoxy) is 1. The first-order chi connectivity index (χ1) is 6.96. The Kier molecular flexibility index (Phi) is 4.13. The molecule has 1 heterocycles. The molecule has 1 unspecified atom stereocenters. The van der Waals surface area contributed by atoms with Crippen LogP contribution < -0.4 is 5.73 Å². The molecule has 5 heteroatoms. The van der Waals surface area contributed by atoms with Crippen LogP contribution in [0.2, 0.25) is 5.15 Å². The van der Waals surface area contributed by atoms with Crippen LogP contribution in [-0.2, 0) is 18.4 Å². The van der Waals surface area contributed by atoms with Crippen molar-refractivity contribution in [3.8, 4) is 0 Å². The van der Waals surface area contributed by atoms with Crippen molar-refractivity contribution in [1.82, 2.24) is 9.55 Å². The Balaban J connectivity index is 2.42. The summed E-state index contributed by atoms with van der Waals surface area (Å²) in [6.07, 6.45) is 2.50. The minimum atomic E-state index is -0.269. The van der Waals surface area contributed by atoms with Crippen LogP contribution in [0.15, 0.2) is 6.20 Å². The average molecular weight is 232 g/mol. The van der Waals surface area contributed by atoms with E-state index in [0.29, 0.717) is 18.4 Å². The van der Waals surface area contributed by atoms with E-state index in [1.807, 2.05) is 20.9 Å². The first-order valence-electron chi connectivity index (χ1n) is 4.99. The number of nitrogens with two attached hydrogens (primary N) is 1. The third-order valence-corrected chi connectivity index (χ3v) is 2.85. The van der Waals surface area contributed by atoms with Crippen molar-refractivity contribution in [2.45, 2.75) is 32.4 Å². The van der Waals surface area contributed by atoms with E-state index in [1.165, 1.54) is 0 Å². The van der Waals surface area contributed by atoms with E-state index < -0.39 is 0 Å². The summed E-state index contributed by atoms with van der Waals surface area (Å²) in [5.74, 6) is 0.812. The van der Waals surface area contributed by atoms with Crippen molar-refractivity contribution < 1.29 is 4.74 Å². The molecule has 1 aromatic rings. The molecular weight excluding hydrogens is 214 g/mol. The molecule has 2 N–H and O–H groups in total. The van der Waals surface area contributed by atoms with Gasteiger partial charge in [-0.2, -0.15) is 0 Å². The summed E-state index contributed by atoms with van der Waals surface area (Å²) in [7, 11) is 1.86. The SMILES string of the molecule is CCC(C)(N)COCc1ncc(Cl)n1C. The molecule has 86 valence electrons. The molecule has 15 heavy (non-hydrogen) atoms. The van der Waals surface area contributed by atoms with Gasteiger partial charge in [-0.1, -0.05) is 18.5 Å². The monoisotopic (exact) mass is 231 g/mol. The number of halogens is 1. The lowest BCUT2D eigenvalue weighted by molar-refractivity contribution is 0.0723. The number of hydrogen-bond donors (Lipinski definition) is 1. The van der Waals surface area contributed by atoms with Crippen LogP contribution in [0.4, 0.5) is 0 Å². The second-order valence-electron chi connectivity index (χ2n) is 4.06. The van der Waals surface area contributed by atoms with Gasteiger partial charge in [0.15, 0.2) is 0 Å². The summed E-state index contributed by atoms with van der Waals surface area (Å²) in [5.41, 5.74) is 5.68. The van der Waals surface area contributed by atoms with Crippen LogP contribution in [0.5, 0.6) is 0 Å². The van der Waals surface area contributed by atoms with Gasteiger partial charge in [-0.05, 0) is 13.3 Å². The largest absolute Gasteiger partial charge is 0.372 e. The highest BCUT2D eigenvalue weighted by molar-refractivity contribution is 6.29. The Morgan fingerprint density at radius 1 is 1.67 bits per heavy atom. The van der Waals surface area contributed by atoms with Gasteiger partial charge in [-0.3, -0.25) is 0 Å². The average Bonchev–Trinajstić information content (AvgIpc) is 2.49. The predicted octanol–water partition coefficient (Wildman–Crippen LogP) is 1.72. The lowest BCUT2D eigenvalue weighted by Crippen LogP contribution is -2.40. The van der Waals surface area contributed by atoms with Crippen LogP contribution in [-0.4, -0.2) is 21.7 Å². The summed E-state index contributed by atoms with van der Waals surface area (Å²) in [6, 6.07) is 0. The smallest absolute Gasteiger partial charge is 0.135 e. The molecule has 0 fully saturated rings. The zero-order valence-corrected chi connectivity index (χ0v) is 10.2. The normalized spacial score (nSPS) is 15.3. The van der Waals surface area contributed by atoms with Gasteiger partial charge in [0, 0.05) is 12.6 Å². The summed E-state index contributed by atoms with van der Waals surface area (Å²) in [4.78, 5) is 4.13. The molecule has 0 spiro atoms. The first-order valence-corrected chi connectivity index (χ1v) is 5.37. The quantitative estimate of drug-likeness (QED) is 0.840. The van der Waals surface area contributed by atoms with Crippen molar-refractivity contribution in [2.75, 3.05) is 6.61 Å². The fraction of sp³-hybridized carbons (Fsp3) is 0.700. The highest BCUT2D eigenvalue weighted by Gasteiger charge is 2.16. The van der Waals surface area contributed by atoms with Crippen molar-refractivity contribution >= 4 is 11.6 Å². The molecule has 0 bridgehead atoms. The Bertz CT molecular complexity index is 322. The molecule has 0 amide bonds. The fourth-order valence-electron chi connectivity index (χ4n) is 1.04. The van der Waals surface area contributed by atoms with Gasteiger partial charge in [0.05, 0.1) is 12.8 Å². The maximum absolute atomic E-state index is 5.95. The van der Waals surface area contributed by atoms with Gasteiger partial charge in [-0.25, -0.2) is 4.98 Å². The Morgan fingerprint density at radius 2 is 2.33 bits per heavy atom. The maximum Gasteiger partial charge on any atom is 0.135 e. The zero-order valence-electron chi connectivity index (χ0n) is 9.46. The van der Waals surface area contributed by atoms with E-state index in [0.717, 1.165) is 12.2 Å². The summed E-state index contributed by atoms with van der Waals surface area (Å²) in [5, 5.41) is 0.611. The molecule has 1 rings (SSSR count). The van der Waals surface area contributed by atoms with Gasteiger partial charge in [0.25, 0.3) is 0 Å². The molecule has 1 aromatic heterocycles. The lowest BCUT2D eigenvalue weighted by atomic mass is 10.0. The molecule has 0 aliphatic carbocycles. The van der Waals surface area contributed by atoms with E-state index in [4.69, 9.17) is 22.1 Å². The van der Waals surface area contributed by atoms with Crippen molar-refractivity contribution in [3.63, 3.8) is 0 Å². The second-order valence-corrected chi connectivity index (χ2v) is 4.44. The van der Waals surface area contributed by atoms with E-state index in [1.54, 1.807) is 10.8 Å². The molecule has 1 atom stereocenters. The van der Waals surface area contributed by atoms with Crippen molar-refractivity contribution in [1.29, 1.82) is 0 Å². The third-order valence-electron chi connectivity index (χ3n) is 2.50. The standard InChI is InChI=1S/C10H18ClN3O/c1-4-10(2,12)7-15-6-9-13-5-8(11)14(9)3/h5H,4,6-7,12H2,1-3H3. The minimum absolute atomic E-state index is 0.269. The van der Waals surface area contributed by atoms with Crippen LogP contribution in [0, 0.1) is 0 Å². The second kappa shape index (κ2) is 4.96. The fourth-order valence-corrected chi connectivity index (χ4v) is 1.18. The van der Waals surface area contributed by atoms with Crippen molar-refractivity contribution in [3.05, 3.63) is 17.2 Å². The zero-order chi connectivity index (χ0) is 11.5. The van der Waals surface area contributed by atoms with Gasteiger partial charge in [0.1, 0.15) is 17.6 Å². The summed E-state index contributed by atoms with van der Waals surface area (Å²) < 4.78 is 7.30. The first kappa shape index (κ1) is 12.5. The van der Waals surface area contributed by atoms with E-state index in [9.17, 15) is 0 Å². The number of hydrogen-bond acceptors (Lipinski definition) is 3. The molecular formula is C10H18ClN3O. The van der Waals surface area contributed by atoms with Crippen molar-refractivity contribution in [2.24, 2.45) is 12.8 Å². The molecule has 0 saturated heterocycles. The van der Waals surface area contributed by atoms with Gasteiger partial charge < -0.3 is 15.0 Å². The van der Waals surface area contributed by atoms with Gasteiger partial charge in [0.2, 0.25) is 0 Å². The molecule has 0 saturated carbocycles. The van der Waals surface area contributed by atoms with Gasteiger partial charge in [-0.15, -0.1) is 0 Å². The van der Waals surface area contributed by atoms with E-state index in [2.05, 4.69) is 4.98 Å². The minimum Gasteiger partial charge on any atom is -0.372 e. The number of nitrogens with zero attached hydrogens (tertiary/aromatic N) is 2. The van der Waals surface area contributed by atoms with E-state index in [-0.39, 0.29) is 5.54 Å². The van der Waals surface area contributed by atoms with Crippen LogP contribution in [0.25, 0.3) is 0 Å².